The van der Waals surface area contributed by atoms with Gasteiger partial charge in [0, 0.05) is 43.9 Å². The summed E-state index contributed by atoms with van der Waals surface area (Å²) in [4.78, 5) is 4.05. The van der Waals surface area contributed by atoms with Gasteiger partial charge in [-0.25, -0.2) is 9.67 Å². The molecule has 1 atom stereocenters. The van der Waals surface area contributed by atoms with E-state index in [4.69, 9.17) is 0 Å². The Morgan fingerprint density at radius 2 is 2.00 bits per heavy atom. The third-order valence-corrected chi connectivity index (χ3v) is 3.40. The van der Waals surface area contributed by atoms with Crippen LogP contribution in [0.15, 0.2) is 61.4 Å². The molecule has 108 valence electrons. The first kappa shape index (κ1) is 13.6. The van der Waals surface area contributed by atoms with E-state index in [1.165, 1.54) is 5.56 Å². The highest BCUT2D eigenvalue weighted by Gasteiger charge is 2.03. The molecule has 2 heterocycles. The van der Waals surface area contributed by atoms with Gasteiger partial charge >= 0.3 is 0 Å². The molecule has 0 bridgehead atoms. The van der Waals surface area contributed by atoms with E-state index in [2.05, 4.69) is 51.2 Å². The van der Waals surface area contributed by atoms with Gasteiger partial charge in [0.2, 0.25) is 0 Å². The molecule has 3 rings (SSSR count). The average Bonchev–Trinajstić information content (AvgIpc) is 3.19. The molecule has 0 aliphatic heterocycles. The smallest absolute Gasteiger partial charge is 0.0946 e. The van der Waals surface area contributed by atoms with Crippen molar-refractivity contribution in [3.8, 4) is 5.69 Å². The van der Waals surface area contributed by atoms with Gasteiger partial charge in [-0.1, -0.05) is 12.1 Å². The third-order valence-electron chi connectivity index (χ3n) is 3.40. The zero-order valence-electron chi connectivity index (χ0n) is 12.1. The number of imidazole rings is 1. The second kappa shape index (κ2) is 6.37. The fraction of sp³-hybridized carbons (Fsp3) is 0.250. The fourth-order valence-corrected chi connectivity index (χ4v) is 2.26. The number of nitrogens with zero attached hydrogens (tertiary/aromatic N) is 4. The van der Waals surface area contributed by atoms with Crippen LogP contribution in [0, 0.1) is 0 Å². The van der Waals surface area contributed by atoms with Crippen molar-refractivity contribution in [2.24, 2.45) is 0 Å². The standard InChI is InChI=1S/C16H19N5/c1-14(12-20-10-8-17-13-20)18-11-15-3-5-16(6-4-15)21-9-2-7-19-21/h2-10,13-14,18H,11-12H2,1H3/t14-/m1/s1. The zero-order valence-corrected chi connectivity index (χ0v) is 12.1. The molecule has 0 fully saturated rings. The maximum atomic E-state index is 4.22. The van der Waals surface area contributed by atoms with Crippen molar-refractivity contribution in [2.75, 3.05) is 0 Å². The van der Waals surface area contributed by atoms with Gasteiger partial charge in [-0.05, 0) is 30.7 Å². The van der Waals surface area contributed by atoms with Crippen molar-refractivity contribution in [1.29, 1.82) is 0 Å². The molecule has 0 saturated heterocycles. The van der Waals surface area contributed by atoms with Crippen LogP contribution in [0.4, 0.5) is 0 Å². The van der Waals surface area contributed by atoms with Crippen LogP contribution in [0.5, 0.6) is 0 Å². The number of hydrogen-bond acceptors (Lipinski definition) is 3. The molecule has 0 aliphatic carbocycles. The second-order valence-electron chi connectivity index (χ2n) is 5.16. The maximum Gasteiger partial charge on any atom is 0.0946 e. The summed E-state index contributed by atoms with van der Waals surface area (Å²) < 4.78 is 3.94. The van der Waals surface area contributed by atoms with Crippen molar-refractivity contribution in [1.82, 2.24) is 24.6 Å². The molecule has 1 aromatic carbocycles. The number of aromatic nitrogens is 4. The summed E-state index contributed by atoms with van der Waals surface area (Å²) in [5.41, 5.74) is 2.35. The van der Waals surface area contributed by atoms with E-state index in [9.17, 15) is 0 Å². The predicted octanol–water partition coefficient (Wildman–Crippen LogP) is 2.25. The highest BCUT2D eigenvalue weighted by atomic mass is 15.3. The topological polar surface area (TPSA) is 47.7 Å². The van der Waals surface area contributed by atoms with Crippen molar-refractivity contribution in [3.63, 3.8) is 0 Å². The minimum atomic E-state index is 0.394. The lowest BCUT2D eigenvalue weighted by atomic mass is 10.2. The molecular weight excluding hydrogens is 262 g/mol. The quantitative estimate of drug-likeness (QED) is 0.754. The summed E-state index contributed by atoms with van der Waals surface area (Å²) in [7, 11) is 0. The van der Waals surface area contributed by atoms with Gasteiger partial charge in [-0.2, -0.15) is 5.10 Å². The first-order valence-electron chi connectivity index (χ1n) is 7.09. The molecule has 0 amide bonds. The minimum Gasteiger partial charge on any atom is -0.336 e. The normalized spacial score (nSPS) is 12.4. The zero-order chi connectivity index (χ0) is 14.5. The Labute approximate surface area is 124 Å². The van der Waals surface area contributed by atoms with Crippen molar-refractivity contribution in [3.05, 3.63) is 67.0 Å². The highest BCUT2D eigenvalue weighted by Crippen LogP contribution is 2.08. The van der Waals surface area contributed by atoms with Crippen LogP contribution in [-0.2, 0) is 13.1 Å². The Bertz CT molecular complexity index is 641. The van der Waals surface area contributed by atoms with E-state index < -0.39 is 0 Å². The Kier molecular flexibility index (Phi) is 4.12. The number of nitrogens with one attached hydrogen (secondary N) is 1. The lowest BCUT2D eigenvalue weighted by Gasteiger charge is -2.14. The van der Waals surface area contributed by atoms with Crippen LogP contribution >= 0.6 is 0 Å². The van der Waals surface area contributed by atoms with Crippen LogP contribution in [0.2, 0.25) is 0 Å². The van der Waals surface area contributed by atoms with Crippen LogP contribution in [0.3, 0.4) is 0 Å². The molecular formula is C16H19N5. The summed E-state index contributed by atoms with van der Waals surface area (Å²) in [6, 6.07) is 10.8. The lowest BCUT2D eigenvalue weighted by molar-refractivity contribution is 0.476. The van der Waals surface area contributed by atoms with Gasteiger partial charge in [0.25, 0.3) is 0 Å². The summed E-state index contributed by atoms with van der Waals surface area (Å²) in [5, 5.41) is 7.74. The van der Waals surface area contributed by atoms with Gasteiger partial charge in [-0.15, -0.1) is 0 Å². The van der Waals surface area contributed by atoms with Gasteiger partial charge in [0.15, 0.2) is 0 Å². The molecule has 21 heavy (non-hydrogen) atoms. The SMILES string of the molecule is C[C@H](Cn1ccnc1)NCc1ccc(-n2cccn2)cc1. The lowest BCUT2D eigenvalue weighted by Crippen LogP contribution is -2.29. The summed E-state index contributed by atoms with van der Waals surface area (Å²) in [5.74, 6) is 0. The average molecular weight is 281 g/mol. The fourth-order valence-electron chi connectivity index (χ4n) is 2.26. The minimum absolute atomic E-state index is 0.394. The Morgan fingerprint density at radius 3 is 2.67 bits per heavy atom. The van der Waals surface area contributed by atoms with Gasteiger partial charge in [0.1, 0.15) is 0 Å². The summed E-state index contributed by atoms with van der Waals surface area (Å²) in [6.07, 6.45) is 9.36. The van der Waals surface area contributed by atoms with Gasteiger partial charge in [-0.3, -0.25) is 0 Å². The number of rotatable bonds is 6. The van der Waals surface area contributed by atoms with Crippen molar-refractivity contribution in [2.45, 2.75) is 26.1 Å². The highest BCUT2D eigenvalue weighted by molar-refractivity contribution is 5.33. The van der Waals surface area contributed by atoms with Crippen LogP contribution < -0.4 is 5.32 Å². The predicted molar refractivity (Wildman–Crippen MR) is 82.1 cm³/mol. The van der Waals surface area contributed by atoms with E-state index in [0.717, 1.165) is 18.8 Å². The molecule has 2 aromatic heterocycles. The van der Waals surface area contributed by atoms with Crippen molar-refractivity contribution < 1.29 is 0 Å². The van der Waals surface area contributed by atoms with Crippen LogP contribution in [0.25, 0.3) is 5.69 Å². The number of benzene rings is 1. The Hall–Kier alpha value is -2.40. The summed E-state index contributed by atoms with van der Waals surface area (Å²) in [6.45, 7) is 3.96. The molecule has 1 N–H and O–H groups in total. The Balaban J connectivity index is 1.53. The van der Waals surface area contributed by atoms with Crippen LogP contribution in [0.1, 0.15) is 12.5 Å². The molecule has 3 aromatic rings. The molecule has 0 unspecified atom stereocenters. The Morgan fingerprint density at radius 1 is 1.14 bits per heavy atom. The first-order valence-corrected chi connectivity index (χ1v) is 7.09. The van der Waals surface area contributed by atoms with Crippen LogP contribution in [-0.4, -0.2) is 25.4 Å². The van der Waals surface area contributed by atoms with E-state index in [0.29, 0.717) is 6.04 Å². The van der Waals surface area contributed by atoms with E-state index in [1.54, 1.807) is 12.4 Å². The second-order valence-corrected chi connectivity index (χ2v) is 5.16. The molecule has 0 aliphatic rings. The van der Waals surface area contributed by atoms with Gasteiger partial charge in [0.05, 0.1) is 12.0 Å². The third kappa shape index (κ3) is 3.58. The molecule has 0 saturated carbocycles. The first-order chi connectivity index (χ1) is 10.3. The molecule has 0 radical (unpaired) electrons. The van der Waals surface area contributed by atoms with Crippen molar-refractivity contribution >= 4 is 0 Å². The largest absolute Gasteiger partial charge is 0.336 e. The van der Waals surface area contributed by atoms with E-state index in [-0.39, 0.29) is 0 Å². The summed E-state index contributed by atoms with van der Waals surface area (Å²) >= 11 is 0. The molecule has 0 spiro atoms. The van der Waals surface area contributed by atoms with Gasteiger partial charge < -0.3 is 9.88 Å². The van der Waals surface area contributed by atoms with E-state index >= 15 is 0 Å². The molecule has 5 heteroatoms. The maximum absolute atomic E-state index is 4.22. The monoisotopic (exact) mass is 281 g/mol. The van der Waals surface area contributed by atoms with E-state index in [1.807, 2.05) is 29.5 Å². The molecule has 5 nitrogen and oxygen atoms in total. The number of hydrogen-bond donors (Lipinski definition) is 1.